The van der Waals surface area contributed by atoms with Crippen LogP contribution in [0.15, 0.2) is 11.4 Å². The van der Waals surface area contributed by atoms with Crippen molar-refractivity contribution in [2.45, 2.75) is 32.4 Å². The van der Waals surface area contributed by atoms with E-state index in [0.29, 0.717) is 12.1 Å². The predicted molar refractivity (Wildman–Crippen MR) is 67.6 cm³/mol. The zero-order valence-electron chi connectivity index (χ0n) is 9.95. The third kappa shape index (κ3) is 4.54. The van der Waals surface area contributed by atoms with Gasteiger partial charge in [-0.1, -0.05) is 0 Å². The van der Waals surface area contributed by atoms with E-state index in [4.69, 9.17) is 11.5 Å². The first kappa shape index (κ1) is 13.7. The predicted octanol–water partition coefficient (Wildman–Crippen LogP) is 0.591. The van der Waals surface area contributed by atoms with Crippen LogP contribution in [0.1, 0.15) is 35.5 Å². The minimum atomic E-state index is -0.427. The molecule has 0 saturated heterocycles. The number of primary amides is 2. The summed E-state index contributed by atoms with van der Waals surface area (Å²) in [5.41, 5.74) is 10.5. The Hall–Kier alpha value is -1.40. The maximum Gasteiger partial charge on any atom is 0.249 e. The molecule has 5 nitrogen and oxygen atoms in total. The van der Waals surface area contributed by atoms with Crippen molar-refractivity contribution in [2.75, 3.05) is 0 Å². The van der Waals surface area contributed by atoms with Crippen molar-refractivity contribution < 1.29 is 9.59 Å². The summed E-state index contributed by atoms with van der Waals surface area (Å²) in [6.07, 6.45) is 0.265. The number of hydrogen-bond donors (Lipinski definition) is 3. The summed E-state index contributed by atoms with van der Waals surface area (Å²) < 4.78 is 0. The topological polar surface area (TPSA) is 98.2 Å². The van der Waals surface area contributed by atoms with Crippen molar-refractivity contribution in [3.8, 4) is 0 Å². The lowest BCUT2D eigenvalue weighted by Gasteiger charge is -2.24. The quantitative estimate of drug-likeness (QED) is 0.693. The van der Waals surface area contributed by atoms with Crippen LogP contribution in [0.5, 0.6) is 0 Å². The number of hydrogen-bond acceptors (Lipinski definition) is 4. The summed E-state index contributed by atoms with van der Waals surface area (Å²) in [6.45, 7) is 4.39. The fourth-order valence-corrected chi connectivity index (χ4v) is 2.24. The zero-order chi connectivity index (χ0) is 13.1. The first-order chi connectivity index (χ1) is 7.80. The molecule has 1 heterocycles. The third-order valence-corrected chi connectivity index (χ3v) is 3.23. The van der Waals surface area contributed by atoms with Gasteiger partial charge in [0.1, 0.15) is 0 Å². The van der Waals surface area contributed by atoms with Gasteiger partial charge in [-0.3, -0.25) is 9.59 Å². The average Bonchev–Trinajstić information content (AvgIpc) is 2.61. The molecule has 1 aromatic heterocycles. The van der Waals surface area contributed by atoms with Gasteiger partial charge in [0, 0.05) is 28.8 Å². The van der Waals surface area contributed by atoms with E-state index in [0.717, 1.165) is 4.88 Å². The summed E-state index contributed by atoms with van der Waals surface area (Å²) in [5.74, 6) is -0.768. The van der Waals surface area contributed by atoms with Crippen molar-refractivity contribution in [2.24, 2.45) is 11.5 Å². The van der Waals surface area contributed by atoms with E-state index in [9.17, 15) is 9.59 Å². The molecule has 0 fully saturated rings. The Labute approximate surface area is 104 Å². The van der Waals surface area contributed by atoms with Gasteiger partial charge in [0.25, 0.3) is 0 Å². The molecule has 94 valence electrons. The Morgan fingerprint density at radius 2 is 2.06 bits per heavy atom. The molecule has 0 atom stereocenters. The van der Waals surface area contributed by atoms with Crippen molar-refractivity contribution in [3.63, 3.8) is 0 Å². The number of nitrogens with two attached hydrogens (primary N) is 2. The number of thiophene rings is 1. The molecule has 0 aliphatic heterocycles. The molecule has 1 aromatic rings. The Kier molecular flexibility index (Phi) is 4.25. The van der Waals surface area contributed by atoms with Crippen LogP contribution in [0.4, 0.5) is 0 Å². The summed E-state index contributed by atoms with van der Waals surface area (Å²) in [4.78, 5) is 22.7. The molecule has 6 heteroatoms. The van der Waals surface area contributed by atoms with E-state index in [1.165, 1.54) is 11.3 Å². The Morgan fingerprint density at radius 3 is 2.53 bits per heavy atom. The van der Waals surface area contributed by atoms with Crippen LogP contribution in [0.3, 0.4) is 0 Å². The summed E-state index contributed by atoms with van der Waals surface area (Å²) in [7, 11) is 0. The first-order valence-corrected chi connectivity index (χ1v) is 6.09. The van der Waals surface area contributed by atoms with Gasteiger partial charge in [-0.25, -0.2) is 0 Å². The first-order valence-electron chi connectivity index (χ1n) is 5.21. The lowest BCUT2D eigenvalue weighted by Crippen LogP contribution is -2.42. The van der Waals surface area contributed by atoms with Gasteiger partial charge in [-0.15, -0.1) is 11.3 Å². The largest absolute Gasteiger partial charge is 0.370 e. The van der Waals surface area contributed by atoms with Gasteiger partial charge < -0.3 is 16.8 Å². The summed E-state index contributed by atoms with van der Waals surface area (Å²) in [5, 5.41) is 4.94. The smallest absolute Gasteiger partial charge is 0.249 e. The molecule has 17 heavy (non-hydrogen) atoms. The molecule has 1 rings (SSSR count). The van der Waals surface area contributed by atoms with Gasteiger partial charge in [0.2, 0.25) is 11.8 Å². The maximum atomic E-state index is 10.9. The maximum absolute atomic E-state index is 10.9. The molecule has 0 radical (unpaired) electrons. The second-order valence-corrected chi connectivity index (χ2v) is 5.54. The monoisotopic (exact) mass is 255 g/mol. The number of amides is 2. The van der Waals surface area contributed by atoms with Crippen molar-refractivity contribution in [3.05, 3.63) is 21.9 Å². The second kappa shape index (κ2) is 5.29. The van der Waals surface area contributed by atoms with E-state index in [2.05, 4.69) is 5.32 Å². The Balaban J connectivity index is 2.54. The van der Waals surface area contributed by atoms with Crippen LogP contribution in [0, 0.1) is 0 Å². The van der Waals surface area contributed by atoms with E-state index < -0.39 is 5.91 Å². The molecular formula is C11H17N3O2S. The summed E-state index contributed by atoms with van der Waals surface area (Å²) >= 11 is 1.46. The fraction of sp³-hybridized carbons (Fsp3) is 0.455. The molecule has 2 amide bonds. The molecule has 0 saturated carbocycles. The lowest BCUT2D eigenvalue weighted by atomic mass is 10.0. The highest BCUT2D eigenvalue weighted by Gasteiger charge is 2.20. The van der Waals surface area contributed by atoms with E-state index >= 15 is 0 Å². The van der Waals surface area contributed by atoms with Crippen molar-refractivity contribution in [1.82, 2.24) is 5.32 Å². The van der Waals surface area contributed by atoms with Gasteiger partial charge in [0.15, 0.2) is 0 Å². The highest BCUT2D eigenvalue weighted by Crippen LogP contribution is 2.16. The number of rotatable bonds is 6. The van der Waals surface area contributed by atoms with Gasteiger partial charge in [-0.2, -0.15) is 0 Å². The van der Waals surface area contributed by atoms with Crippen LogP contribution >= 0.6 is 11.3 Å². The standard InChI is InChI=1S/C11H17N3O2S/c1-11(2,4-9(12)15)14-5-8-3-7(6-17-8)10(13)16/h3,6,14H,4-5H2,1-2H3,(H2,12,15)(H2,13,16). The van der Waals surface area contributed by atoms with Crippen molar-refractivity contribution >= 4 is 23.2 Å². The van der Waals surface area contributed by atoms with Crippen LogP contribution < -0.4 is 16.8 Å². The molecule has 0 spiro atoms. The van der Waals surface area contributed by atoms with Crippen LogP contribution in [-0.2, 0) is 11.3 Å². The minimum Gasteiger partial charge on any atom is -0.370 e. The van der Waals surface area contributed by atoms with Crippen molar-refractivity contribution in [1.29, 1.82) is 0 Å². The lowest BCUT2D eigenvalue weighted by molar-refractivity contribution is -0.119. The van der Waals surface area contributed by atoms with Crippen LogP contribution in [-0.4, -0.2) is 17.4 Å². The number of nitrogens with one attached hydrogen (secondary N) is 1. The molecule has 0 aromatic carbocycles. The molecule has 0 bridgehead atoms. The van der Waals surface area contributed by atoms with E-state index in [1.54, 1.807) is 11.4 Å². The van der Waals surface area contributed by atoms with E-state index in [1.807, 2.05) is 13.8 Å². The highest BCUT2D eigenvalue weighted by atomic mass is 32.1. The molecule has 0 aliphatic carbocycles. The average molecular weight is 255 g/mol. The fourth-order valence-electron chi connectivity index (χ4n) is 1.43. The second-order valence-electron chi connectivity index (χ2n) is 4.55. The highest BCUT2D eigenvalue weighted by molar-refractivity contribution is 7.10. The van der Waals surface area contributed by atoms with E-state index in [-0.39, 0.29) is 17.9 Å². The Bertz CT molecular complexity index is 426. The molecule has 0 aliphatic rings. The van der Waals surface area contributed by atoms with Gasteiger partial charge in [-0.05, 0) is 19.9 Å². The zero-order valence-corrected chi connectivity index (χ0v) is 10.8. The number of carbonyl (C=O) groups is 2. The SMILES string of the molecule is CC(C)(CC(N)=O)NCc1cc(C(N)=O)cs1. The third-order valence-electron chi connectivity index (χ3n) is 2.30. The van der Waals surface area contributed by atoms with Crippen LogP contribution in [0.25, 0.3) is 0 Å². The Morgan fingerprint density at radius 1 is 1.41 bits per heavy atom. The van der Waals surface area contributed by atoms with Gasteiger partial charge >= 0.3 is 0 Å². The molecule has 5 N–H and O–H groups in total. The van der Waals surface area contributed by atoms with Gasteiger partial charge in [0.05, 0.1) is 5.56 Å². The normalized spacial score (nSPS) is 11.4. The molecule has 0 unspecified atom stereocenters. The van der Waals surface area contributed by atoms with Crippen LogP contribution in [0.2, 0.25) is 0 Å². The summed E-state index contributed by atoms with van der Waals surface area (Å²) in [6, 6.07) is 1.75. The molecular weight excluding hydrogens is 238 g/mol. The number of carbonyl (C=O) groups excluding carboxylic acids is 2. The minimum absolute atomic E-state index is 0.265.